The van der Waals surface area contributed by atoms with Crippen LogP contribution in [0.15, 0.2) is 0 Å². The van der Waals surface area contributed by atoms with Crippen molar-refractivity contribution in [3.05, 3.63) is 0 Å². The van der Waals surface area contributed by atoms with Crippen LogP contribution >= 0.6 is 0 Å². The SMILES string of the molecule is CC(=O)CCOCCOCCOCCOCCNC(=O)CNC(=O)CNC(=O)CNC(=O)CNC=O.CCN. The van der Waals surface area contributed by atoms with E-state index in [9.17, 15) is 28.8 Å². The first kappa shape index (κ1) is 38.0. The van der Waals surface area contributed by atoms with E-state index in [1.165, 1.54) is 6.92 Å². The van der Waals surface area contributed by atoms with Gasteiger partial charge in [-0.05, 0) is 13.5 Å². The van der Waals surface area contributed by atoms with Crippen molar-refractivity contribution in [1.82, 2.24) is 26.6 Å². The summed E-state index contributed by atoms with van der Waals surface area (Å²) in [5.74, 6) is -2.07. The van der Waals surface area contributed by atoms with Crippen LogP contribution in [0.25, 0.3) is 0 Å². The molecule has 0 atom stereocenters. The van der Waals surface area contributed by atoms with Crippen molar-refractivity contribution in [2.45, 2.75) is 20.3 Å². The third-order valence-corrected chi connectivity index (χ3v) is 3.97. The summed E-state index contributed by atoms with van der Waals surface area (Å²) in [6.07, 6.45) is 0.753. The fourth-order valence-electron chi connectivity index (χ4n) is 2.16. The molecule has 0 unspecified atom stereocenters. The van der Waals surface area contributed by atoms with Gasteiger partial charge in [0.25, 0.3) is 0 Å². The van der Waals surface area contributed by atoms with Gasteiger partial charge in [-0.15, -0.1) is 0 Å². The van der Waals surface area contributed by atoms with E-state index in [1.54, 1.807) is 0 Å². The van der Waals surface area contributed by atoms with Gasteiger partial charge in [-0.25, -0.2) is 0 Å². The van der Waals surface area contributed by atoms with Crippen molar-refractivity contribution in [2.24, 2.45) is 5.73 Å². The number of Topliss-reactive ketones (excluding diaryl/α,β-unsaturated/α-hetero) is 1. The Balaban J connectivity index is 0. The lowest BCUT2D eigenvalue weighted by molar-refractivity contribution is -0.128. The highest BCUT2D eigenvalue weighted by Gasteiger charge is 2.09. The van der Waals surface area contributed by atoms with Gasteiger partial charge in [0.2, 0.25) is 30.0 Å². The van der Waals surface area contributed by atoms with Gasteiger partial charge in [-0.2, -0.15) is 0 Å². The number of hydrogen-bond donors (Lipinski definition) is 6. The molecule has 16 heteroatoms. The number of carbonyl (C=O) groups excluding carboxylic acids is 6. The molecule has 0 heterocycles. The quantitative estimate of drug-likeness (QED) is 0.0492. The molecular weight excluding hydrogens is 520 g/mol. The summed E-state index contributed by atoms with van der Waals surface area (Å²) in [6, 6.07) is 0. The summed E-state index contributed by atoms with van der Waals surface area (Å²) in [5, 5.41) is 11.6. The lowest BCUT2D eigenvalue weighted by Gasteiger charge is -2.09. The highest BCUT2D eigenvalue weighted by atomic mass is 16.6. The summed E-state index contributed by atoms with van der Waals surface area (Å²) in [4.78, 5) is 66.9. The lowest BCUT2D eigenvalue weighted by atomic mass is 10.3. The van der Waals surface area contributed by atoms with Crippen LogP contribution in [-0.4, -0.2) is 128 Å². The monoisotopic (exact) mass is 564 g/mol. The topological polar surface area (TPSA) is 226 Å². The van der Waals surface area contributed by atoms with Crippen molar-refractivity contribution < 1.29 is 47.7 Å². The molecule has 0 aliphatic heterocycles. The third-order valence-electron chi connectivity index (χ3n) is 3.97. The minimum atomic E-state index is -0.602. The van der Waals surface area contributed by atoms with E-state index in [0.29, 0.717) is 59.1 Å². The molecule has 0 fully saturated rings. The zero-order valence-corrected chi connectivity index (χ0v) is 22.8. The molecule has 7 N–H and O–H groups in total. The van der Waals surface area contributed by atoms with E-state index < -0.39 is 23.6 Å². The van der Waals surface area contributed by atoms with Crippen LogP contribution in [0.2, 0.25) is 0 Å². The molecule has 0 aromatic rings. The number of ether oxygens (including phenoxy) is 4. The number of nitrogens with two attached hydrogens (primary N) is 1. The van der Waals surface area contributed by atoms with E-state index >= 15 is 0 Å². The van der Waals surface area contributed by atoms with Crippen LogP contribution in [0.4, 0.5) is 0 Å². The summed E-state index contributed by atoms with van der Waals surface area (Å²) in [7, 11) is 0. The molecule has 0 spiro atoms. The molecule has 0 bridgehead atoms. The highest BCUT2D eigenvalue weighted by Crippen LogP contribution is 1.86. The molecule has 5 amide bonds. The molecule has 0 saturated heterocycles. The lowest BCUT2D eigenvalue weighted by Crippen LogP contribution is -2.45. The molecule has 0 aliphatic carbocycles. The molecule has 0 rings (SSSR count). The molecule has 0 radical (unpaired) electrons. The van der Waals surface area contributed by atoms with Gasteiger partial charge in [-0.1, -0.05) is 6.92 Å². The number of rotatable bonds is 24. The van der Waals surface area contributed by atoms with Crippen molar-refractivity contribution in [3.8, 4) is 0 Å². The van der Waals surface area contributed by atoms with Crippen LogP contribution in [0.5, 0.6) is 0 Å². The van der Waals surface area contributed by atoms with Gasteiger partial charge in [0.05, 0.1) is 79.0 Å². The first-order valence-electron chi connectivity index (χ1n) is 12.5. The van der Waals surface area contributed by atoms with Gasteiger partial charge in [0, 0.05) is 13.0 Å². The maximum absolute atomic E-state index is 11.7. The average molecular weight is 565 g/mol. The Morgan fingerprint density at radius 2 is 0.974 bits per heavy atom. The predicted octanol–water partition coefficient (Wildman–Crippen LogP) is -3.79. The predicted molar refractivity (Wildman–Crippen MR) is 139 cm³/mol. The van der Waals surface area contributed by atoms with Gasteiger partial charge >= 0.3 is 0 Å². The second-order valence-corrected chi connectivity index (χ2v) is 7.49. The Hall–Kier alpha value is -3.18. The Morgan fingerprint density at radius 3 is 1.38 bits per heavy atom. The van der Waals surface area contributed by atoms with Gasteiger partial charge in [-0.3, -0.25) is 28.8 Å². The Labute approximate surface area is 228 Å². The highest BCUT2D eigenvalue weighted by molar-refractivity contribution is 5.90. The molecule has 226 valence electrons. The van der Waals surface area contributed by atoms with Gasteiger partial charge in [0.15, 0.2) is 0 Å². The Morgan fingerprint density at radius 1 is 0.615 bits per heavy atom. The first-order chi connectivity index (χ1) is 18.8. The zero-order valence-electron chi connectivity index (χ0n) is 22.8. The zero-order chi connectivity index (χ0) is 29.6. The second-order valence-electron chi connectivity index (χ2n) is 7.49. The number of amides is 5. The maximum atomic E-state index is 11.7. The summed E-state index contributed by atoms with van der Waals surface area (Å²) < 4.78 is 21.2. The van der Waals surface area contributed by atoms with Gasteiger partial charge in [0.1, 0.15) is 5.78 Å². The number of nitrogens with one attached hydrogen (secondary N) is 5. The summed E-state index contributed by atoms with van der Waals surface area (Å²) in [6.45, 7) is 6.20. The van der Waals surface area contributed by atoms with E-state index in [4.69, 9.17) is 24.7 Å². The van der Waals surface area contributed by atoms with Crippen LogP contribution in [-0.2, 0) is 47.7 Å². The van der Waals surface area contributed by atoms with Crippen LogP contribution in [0.3, 0.4) is 0 Å². The van der Waals surface area contributed by atoms with Crippen LogP contribution < -0.4 is 32.3 Å². The molecule has 16 nitrogen and oxygen atoms in total. The molecule has 0 saturated carbocycles. The fraction of sp³-hybridized carbons (Fsp3) is 0.739. The molecular formula is C23H44N6O10. The van der Waals surface area contributed by atoms with Crippen LogP contribution in [0, 0.1) is 0 Å². The molecule has 39 heavy (non-hydrogen) atoms. The van der Waals surface area contributed by atoms with Gasteiger partial charge < -0.3 is 51.3 Å². The number of hydrogen-bond acceptors (Lipinski definition) is 11. The third kappa shape index (κ3) is 32.8. The Bertz CT molecular complexity index is 696. The van der Waals surface area contributed by atoms with E-state index in [2.05, 4.69) is 26.6 Å². The normalized spacial score (nSPS) is 9.92. The smallest absolute Gasteiger partial charge is 0.239 e. The number of carbonyl (C=O) groups is 6. The molecule has 0 aromatic heterocycles. The van der Waals surface area contributed by atoms with Crippen molar-refractivity contribution in [2.75, 3.05) is 92.1 Å². The average Bonchev–Trinajstić information content (AvgIpc) is 2.90. The first-order valence-corrected chi connectivity index (χ1v) is 12.5. The Kier molecular flexibility index (Phi) is 28.6. The minimum absolute atomic E-state index is 0.0894. The summed E-state index contributed by atoms with van der Waals surface area (Å²) in [5.41, 5.74) is 4.85. The minimum Gasteiger partial charge on any atom is -0.379 e. The fourth-order valence-corrected chi connectivity index (χ4v) is 2.16. The van der Waals surface area contributed by atoms with E-state index in [0.717, 1.165) is 6.54 Å². The van der Waals surface area contributed by atoms with E-state index in [-0.39, 0.29) is 45.1 Å². The van der Waals surface area contributed by atoms with Crippen molar-refractivity contribution >= 4 is 35.8 Å². The number of ketones is 1. The van der Waals surface area contributed by atoms with Crippen LogP contribution in [0.1, 0.15) is 20.3 Å². The van der Waals surface area contributed by atoms with E-state index in [1.807, 2.05) is 6.92 Å². The van der Waals surface area contributed by atoms with Crippen molar-refractivity contribution in [1.29, 1.82) is 0 Å². The van der Waals surface area contributed by atoms with Crippen molar-refractivity contribution in [3.63, 3.8) is 0 Å². The summed E-state index contributed by atoms with van der Waals surface area (Å²) >= 11 is 0. The maximum Gasteiger partial charge on any atom is 0.239 e. The molecule has 0 aromatic carbocycles. The largest absolute Gasteiger partial charge is 0.379 e. The standard InChI is InChI=1S/C21H37N5O10.C2H7N/c1-17(28)2-4-33-6-8-35-10-11-36-9-7-34-5-3-23-19(30)13-25-21(32)15-26-20(31)14-24-18(29)12-22-16-27;1-2-3/h16H,2-15H2,1H3,(H,22,27)(H,23,30)(H,24,29)(H,25,32)(H,26,31);2-3H2,1H3. The molecule has 0 aliphatic rings. The second kappa shape index (κ2) is 29.4.